The number of aryl methyl sites for hydroxylation is 1. The van der Waals surface area contributed by atoms with E-state index in [0.29, 0.717) is 12.1 Å². The molecule has 0 atom stereocenters. The fraction of sp³-hybridized carbons (Fsp3) is 0.250. The van der Waals surface area contributed by atoms with Gasteiger partial charge in [0.25, 0.3) is 0 Å². The summed E-state index contributed by atoms with van der Waals surface area (Å²) in [6.07, 6.45) is 0.228. The Morgan fingerprint density at radius 2 is 2.08 bits per heavy atom. The number of anilines is 1. The third-order valence-electron chi connectivity index (χ3n) is 1.64. The molecule has 0 aromatic heterocycles. The molecule has 0 unspecified atom stereocenters. The van der Waals surface area contributed by atoms with Gasteiger partial charge in [-0.15, -0.1) is 0 Å². The van der Waals surface area contributed by atoms with Gasteiger partial charge in [-0.05, 0) is 24.1 Å². The number of benzene rings is 1. The van der Waals surface area contributed by atoms with Crippen LogP contribution in [0.25, 0.3) is 0 Å². The summed E-state index contributed by atoms with van der Waals surface area (Å²) in [5, 5.41) is 0. The van der Waals surface area contributed by atoms with Crippen molar-refractivity contribution in [2.45, 2.75) is 6.42 Å². The molecule has 13 heavy (non-hydrogen) atoms. The molecule has 0 spiro atoms. The summed E-state index contributed by atoms with van der Waals surface area (Å²) in [4.78, 5) is 17.3. The van der Waals surface area contributed by atoms with Gasteiger partial charge in [0.05, 0.1) is 6.16 Å². The first-order valence-electron chi connectivity index (χ1n) is 3.86. The van der Waals surface area contributed by atoms with E-state index < -0.39 is 7.60 Å². The summed E-state index contributed by atoms with van der Waals surface area (Å²) in [6.45, 7) is 0. The molecule has 0 saturated heterocycles. The smallest absolute Gasteiger partial charge is 0.325 e. The normalized spacial score (nSPS) is 11.5. The molecule has 0 radical (unpaired) electrons. The fourth-order valence-corrected chi connectivity index (χ4v) is 1.57. The molecule has 1 aromatic rings. The number of hydrogen-bond acceptors (Lipinski definition) is 2. The number of rotatable bonds is 3. The maximum absolute atomic E-state index is 10.6. The summed E-state index contributed by atoms with van der Waals surface area (Å²) in [7, 11) is -3.89. The summed E-state index contributed by atoms with van der Waals surface area (Å²) in [5.41, 5.74) is 6.97. The van der Waals surface area contributed by atoms with Crippen LogP contribution in [0.5, 0.6) is 0 Å². The predicted molar refractivity (Wildman–Crippen MR) is 51.5 cm³/mol. The summed E-state index contributed by atoms with van der Waals surface area (Å²) in [6, 6.07) is 7.02. The van der Waals surface area contributed by atoms with Crippen molar-refractivity contribution in [3.8, 4) is 0 Å². The average molecular weight is 201 g/mol. The van der Waals surface area contributed by atoms with E-state index >= 15 is 0 Å². The minimum Gasteiger partial charge on any atom is -0.399 e. The monoisotopic (exact) mass is 201 g/mol. The standard InChI is InChI=1S/C8H12NO3P/c9-8-3-1-2-7(6-8)4-5-13(10,11)12/h1-3,6H,4-5,9H2,(H2,10,11,12). The lowest BCUT2D eigenvalue weighted by molar-refractivity contribution is 0.373. The summed E-state index contributed by atoms with van der Waals surface area (Å²) < 4.78 is 10.6. The quantitative estimate of drug-likeness (QED) is 0.503. The molecule has 1 aromatic carbocycles. The molecule has 5 heteroatoms. The van der Waals surface area contributed by atoms with Crippen LogP contribution in [0, 0.1) is 0 Å². The highest BCUT2D eigenvalue weighted by Crippen LogP contribution is 2.34. The average Bonchev–Trinajstić information content (AvgIpc) is 2.00. The molecule has 4 nitrogen and oxygen atoms in total. The van der Waals surface area contributed by atoms with Crippen molar-refractivity contribution in [2.24, 2.45) is 0 Å². The van der Waals surface area contributed by atoms with Gasteiger partial charge in [0, 0.05) is 5.69 Å². The maximum Gasteiger partial charge on any atom is 0.325 e. The van der Waals surface area contributed by atoms with E-state index in [1.165, 1.54) is 0 Å². The van der Waals surface area contributed by atoms with Gasteiger partial charge in [-0.1, -0.05) is 12.1 Å². The molecule has 72 valence electrons. The Hall–Kier alpha value is -0.830. The molecule has 0 aliphatic rings. The van der Waals surface area contributed by atoms with Crippen molar-refractivity contribution in [2.75, 3.05) is 11.9 Å². The molecule has 4 N–H and O–H groups in total. The van der Waals surface area contributed by atoms with Gasteiger partial charge >= 0.3 is 7.60 Å². The van der Waals surface area contributed by atoms with Gasteiger partial charge in [-0.3, -0.25) is 4.57 Å². The van der Waals surface area contributed by atoms with Crippen LogP contribution in [0.2, 0.25) is 0 Å². The van der Waals surface area contributed by atoms with Crippen LogP contribution < -0.4 is 5.73 Å². The Morgan fingerprint density at radius 3 is 2.62 bits per heavy atom. The highest BCUT2D eigenvalue weighted by Gasteiger charge is 2.12. The molecule has 0 heterocycles. The SMILES string of the molecule is Nc1cccc(CCP(=O)(O)O)c1. The third kappa shape index (κ3) is 4.08. The van der Waals surface area contributed by atoms with Crippen molar-refractivity contribution < 1.29 is 14.4 Å². The summed E-state index contributed by atoms with van der Waals surface area (Å²) in [5.74, 6) is 0. The first-order valence-corrected chi connectivity index (χ1v) is 5.66. The van der Waals surface area contributed by atoms with Crippen molar-refractivity contribution in [3.05, 3.63) is 29.8 Å². The van der Waals surface area contributed by atoms with Crippen molar-refractivity contribution >= 4 is 13.3 Å². The van der Waals surface area contributed by atoms with Crippen LogP contribution in [-0.4, -0.2) is 15.9 Å². The molecule has 0 saturated carbocycles. The molecular weight excluding hydrogens is 189 g/mol. The van der Waals surface area contributed by atoms with Crippen LogP contribution >= 0.6 is 7.60 Å². The van der Waals surface area contributed by atoms with Crippen LogP contribution in [0.1, 0.15) is 5.56 Å². The number of hydrogen-bond donors (Lipinski definition) is 3. The van der Waals surface area contributed by atoms with E-state index in [9.17, 15) is 4.57 Å². The Labute approximate surface area is 76.6 Å². The van der Waals surface area contributed by atoms with E-state index in [1.54, 1.807) is 24.3 Å². The molecule has 0 aliphatic carbocycles. The predicted octanol–water partition coefficient (Wildman–Crippen LogP) is 0.989. The lowest BCUT2D eigenvalue weighted by Crippen LogP contribution is -1.94. The Balaban J connectivity index is 2.60. The summed E-state index contributed by atoms with van der Waals surface area (Å²) >= 11 is 0. The van der Waals surface area contributed by atoms with Crippen molar-refractivity contribution in [1.82, 2.24) is 0 Å². The second kappa shape index (κ2) is 3.92. The van der Waals surface area contributed by atoms with E-state index in [2.05, 4.69) is 0 Å². The zero-order valence-electron chi connectivity index (χ0n) is 7.05. The van der Waals surface area contributed by atoms with Crippen molar-refractivity contribution in [3.63, 3.8) is 0 Å². The third-order valence-corrected chi connectivity index (χ3v) is 2.45. The highest BCUT2D eigenvalue weighted by atomic mass is 31.2. The first kappa shape index (κ1) is 10.3. The molecule has 1 rings (SSSR count). The Morgan fingerprint density at radius 1 is 1.38 bits per heavy atom. The Kier molecular flexibility index (Phi) is 3.09. The minimum atomic E-state index is -3.89. The van der Waals surface area contributed by atoms with Gasteiger partial charge in [0.1, 0.15) is 0 Å². The fourth-order valence-electron chi connectivity index (χ4n) is 1.02. The van der Waals surface area contributed by atoms with E-state index in [-0.39, 0.29) is 6.16 Å². The van der Waals surface area contributed by atoms with Crippen LogP contribution in [-0.2, 0) is 11.0 Å². The largest absolute Gasteiger partial charge is 0.399 e. The number of nitrogen functional groups attached to an aromatic ring is 1. The molecule has 0 bridgehead atoms. The molecule has 0 fully saturated rings. The van der Waals surface area contributed by atoms with Gasteiger partial charge in [0.2, 0.25) is 0 Å². The zero-order chi connectivity index (χ0) is 9.90. The molecule has 0 aliphatic heterocycles. The zero-order valence-corrected chi connectivity index (χ0v) is 7.95. The highest BCUT2D eigenvalue weighted by molar-refractivity contribution is 7.51. The second-order valence-corrected chi connectivity index (χ2v) is 4.66. The van der Waals surface area contributed by atoms with E-state index in [4.69, 9.17) is 15.5 Å². The lowest BCUT2D eigenvalue weighted by Gasteiger charge is -2.04. The van der Waals surface area contributed by atoms with Crippen molar-refractivity contribution in [1.29, 1.82) is 0 Å². The van der Waals surface area contributed by atoms with Crippen LogP contribution in [0.3, 0.4) is 0 Å². The first-order chi connectivity index (χ1) is 5.97. The van der Waals surface area contributed by atoms with E-state index in [1.807, 2.05) is 0 Å². The maximum atomic E-state index is 10.6. The minimum absolute atomic E-state index is 0.129. The topological polar surface area (TPSA) is 83.6 Å². The Bertz CT molecular complexity index is 334. The van der Waals surface area contributed by atoms with Gasteiger partial charge < -0.3 is 15.5 Å². The van der Waals surface area contributed by atoms with E-state index in [0.717, 1.165) is 5.56 Å². The van der Waals surface area contributed by atoms with Gasteiger partial charge in [0.15, 0.2) is 0 Å². The van der Waals surface area contributed by atoms with Crippen LogP contribution in [0.4, 0.5) is 5.69 Å². The molecular formula is C8H12NO3P. The number of nitrogens with two attached hydrogens (primary N) is 1. The van der Waals surface area contributed by atoms with Crippen LogP contribution in [0.15, 0.2) is 24.3 Å². The molecule has 0 amide bonds. The van der Waals surface area contributed by atoms with Gasteiger partial charge in [-0.25, -0.2) is 0 Å². The van der Waals surface area contributed by atoms with Gasteiger partial charge in [-0.2, -0.15) is 0 Å². The second-order valence-electron chi connectivity index (χ2n) is 2.88. The lowest BCUT2D eigenvalue weighted by atomic mass is 10.1.